The molecule has 0 aliphatic carbocycles. The molecule has 5 nitrogen and oxygen atoms in total. The Balaban J connectivity index is 2.60. The first-order valence-electron chi connectivity index (χ1n) is 7.79. The maximum absolute atomic E-state index is 11.9. The summed E-state index contributed by atoms with van der Waals surface area (Å²) in [5.41, 5.74) is 6.86. The first-order chi connectivity index (χ1) is 10.5. The zero-order valence-corrected chi connectivity index (χ0v) is 13.7. The highest BCUT2D eigenvalue weighted by molar-refractivity contribution is 5.97. The summed E-state index contributed by atoms with van der Waals surface area (Å²) in [5, 5.41) is 0. The lowest BCUT2D eigenvalue weighted by atomic mass is 10.1. The van der Waals surface area contributed by atoms with Crippen LogP contribution in [0.2, 0.25) is 0 Å². The van der Waals surface area contributed by atoms with Crippen LogP contribution in [0.1, 0.15) is 49.9 Å². The Kier molecular flexibility index (Phi) is 7.43. The van der Waals surface area contributed by atoms with Crippen LogP contribution < -0.4 is 10.5 Å². The van der Waals surface area contributed by atoms with E-state index in [1.165, 1.54) is 0 Å². The number of hydrogen-bond donors (Lipinski definition) is 1. The number of ether oxygens (including phenoxy) is 1. The first-order valence-corrected chi connectivity index (χ1v) is 7.79. The Morgan fingerprint density at radius 3 is 2.55 bits per heavy atom. The lowest BCUT2D eigenvalue weighted by Crippen LogP contribution is -2.32. The van der Waals surface area contributed by atoms with Crippen molar-refractivity contribution in [2.45, 2.75) is 39.5 Å². The predicted octanol–water partition coefficient (Wildman–Crippen LogP) is 2.89. The fourth-order valence-corrected chi connectivity index (χ4v) is 1.99. The molecule has 1 aromatic carbocycles. The van der Waals surface area contributed by atoms with Gasteiger partial charge in [0, 0.05) is 25.6 Å². The van der Waals surface area contributed by atoms with Crippen molar-refractivity contribution in [1.82, 2.24) is 4.90 Å². The molecule has 0 bridgehead atoms. The Hall–Kier alpha value is -2.04. The molecule has 0 saturated heterocycles. The van der Waals surface area contributed by atoms with Crippen molar-refractivity contribution in [1.29, 1.82) is 0 Å². The van der Waals surface area contributed by atoms with Crippen LogP contribution in [-0.2, 0) is 4.79 Å². The summed E-state index contributed by atoms with van der Waals surface area (Å²) < 4.78 is 5.47. The molecule has 22 heavy (non-hydrogen) atoms. The smallest absolute Gasteiger partial charge is 0.260 e. The number of Topliss-reactive ketones (excluding diaryl/α,β-unsaturated/α-hetero) is 1. The van der Waals surface area contributed by atoms with Crippen molar-refractivity contribution in [3.05, 3.63) is 23.8 Å². The second-order valence-corrected chi connectivity index (χ2v) is 5.38. The van der Waals surface area contributed by atoms with E-state index in [0.29, 0.717) is 23.4 Å². The number of rotatable bonds is 9. The Morgan fingerprint density at radius 2 is 1.95 bits per heavy atom. The average Bonchev–Trinajstić information content (AvgIpc) is 2.51. The summed E-state index contributed by atoms with van der Waals surface area (Å²) >= 11 is 0. The van der Waals surface area contributed by atoms with E-state index in [4.69, 9.17) is 10.5 Å². The number of nitrogens with two attached hydrogens (primary N) is 1. The van der Waals surface area contributed by atoms with Gasteiger partial charge in [-0.2, -0.15) is 0 Å². The van der Waals surface area contributed by atoms with E-state index in [-0.39, 0.29) is 18.3 Å². The molecule has 0 fully saturated rings. The molecule has 0 saturated carbocycles. The lowest BCUT2D eigenvalue weighted by molar-refractivity contribution is -0.132. The van der Waals surface area contributed by atoms with Crippen LogP contribution in [0.5, 0.6) is 5.75 Å². The van der Waals surface area contributed by atoms with Gasteiger partial charge in [-0.25, -0.2) is 0 Å². The second-order valence-electron chi connectivity index (χ2n) is 5.38. The zero-order chi connectivity index (χ0) is 16.5. The van der Waals surface area contributed by atoms with Crippen LogP contribution >= 0.6 is 0 Å². The topological polar surface area (TPSA) is 72.6 Å². The van der Waals surface area contributed by atoms with Gasteiger partial charge in [-0.3, -0.25) is 9.59 Å². The largest absolute Gasteiger partial charge is 0.482 e. The van der Waals surface area contributed by atoms with E-state index >= 15 is 0 Å². The summed E-state index contributed by atoms with van der Waals surface area (Å²) in [4.78, 5) is 25.4. The average molecular weight is 306 g/mol. The highest BCUT2D eigenvalue weighted by Crippen LogP contribution is 2.23. The van der Waals surface area contributed by atoms with Crippen molar-refractivity contribution >= 4 is 17.4 Å². The number of nitrogens with zero attached hydrogens (tertiary/aromatic N) is 1. The summed E-state index contributed by atoms with van der Waals surface area (Å²) in [5.74, 6) is 0.417. The van der Waals surface area contributed by atoms with Gasteiger partial charge in [0.1, 0.15) is 5.75 Å². The number of ketones is 1. The van der Waals surface area contributed by atoms with Gasteiger partial charge in [0.25, 0.3) is 5.91 Å². The summed E-state index contributed by atoms with van der Waals surface area (Å²) in [6, 6.07) is 4.95. The number of carbonyl (C=O) groups is 2. The summed E-state index contributed by atoms with van der Waals surface area (Å²) in [6.45, 7) is 4.71. The van der Waals surface area contributed by atoms with E-state index in [0.717, 1.165) is 25.8 Å². The highest BCUT2D eigenvalue weighted by atomic mass is 16.5. The van der Waals surface area contributed by atoms with Crippen LogP contribution in [0.4, 0.5) is 5.69 Å². The van der Waals surface area contributed by atoms with Gasteiger partial charge in [-0.05, 0) is 31.0 Å². The van der Waals surface area contributed by atoms with Crippen LogP contribution in [-0.4, -0.2) is 36.8 Å². The first kappa shape index (κ1) is 18.0. The maximum atomic E-state index is 11.9. The van der Waals surface area contributed by atoms with Gasteiger partial charge in [0.2, 0.25) is 0 Å². The van der Waals surface area contributed by atoms with Crippen molar-refractivity contribution < 1.29 is 14.3 Å². The number of benzene rings is 1. The van der Waals surface area contributed by atoms with Crippen molar-refractivity contribution in [2.24, 2.45) is 0 Å². The third-order valence-corrected chi connectivity index (χ3v) is 3.43. The number of anilines is 1. The SMILES string of the molecule is CCCCN(C)C(=O)COc1ccc(C(=O)CCC)cc1N. The molecule has 1 amide bonds. The van der Waals surface area contributed by atoms with Gasteiger partial charge in [0.15, 0.2) is 12.4 Å². The summed E-state index contributed by atoms with van der Waals surface area (Å²) in [6.07, 6.45) is 3.31. The van der Waals surface area contributed by atoms with Gasteiger partial charge in [-0.1, -0.05) is 20.3 Å². The van der Waals surface area contributed by atoms with Gasteiger partial charge < -0.3 is 15.4 Å². The molecule has 0 spiro atoms. The van der Waals surface area contributed by atoms with E-state index in [2.05, 4.69) is 6.92 Å². The normalized spacial score (nSPS) is 10.3. The molecular formula is C17H26N2O3. The van der Waals surface area contributed by atoms with E-state index in [1.807, 2.05) is 6.92 Å². The van der Waals surface area contributed by atoms with E-state index < -0.39 is 0 Å². The molecule has 0 unspecified atom stereocenters. The molecule has 2 N–H and O–H groups in total. The molecule has 0 aromatic heterocycles. The molecule has 0 radical (unpaired) electrons. The Bertz CT molecular complexity index is 515. The van der Waals surface area contributed by atoms with Crippen LogP contribution in [0.3, 0.4) is 0 Å². The Labute approximate surface area is 132 Å². The van der Waals surface area contributed by atoms with Gasteiger partial charge >= 0.3 is 0 Å². The Morgan fingerprint density at radius 1 is 1.23 bits per heavy atom. The molecule has 1 rings (SSSR count). The number of unbranched alkanes of at least 4 members (excludes halogenated alkanes) is 1. The molecule has 0 aliphatic rings. The van der Waals surface area contributed by atoms with Crippen LogP contribution in [0, 0.1) is 0 Å². The zero-order valence-electron chi connectivity index (χ0n) is 13.7. The van der Waals surface area contributed by atoms with Crippen molar-refractivity contribution in [2.75, 3.05) is 25.9 Å². The molecular weight excluding hydrogens is 280 g/mol. The lowest BCUT2D eigenvalue weighted by Gasteiger charge is -2.17. The third kappa shape index (κ3) is 5.39. The van der Waals surface area contributed by atoms with E-state index in [9.17, 15) is 9.59 Å². The van der Waals surface area contributed by atoms with Crippen molar-refractivity contribution in [3.8, 4) is 5.75 Å². The minimum atomic E-state index is -0.0843. The fraction of sp³-hybridized carbons (Fsp3) is 0.529. The molecule has 0 atom stereocenters. The molecule has 122 valence electrons. The monoisotopic (exact) mass is 306 g/mol. The van der Waals surface area contributed by atoms with Crippen LogP contribution in [0.15, 0.2) is 18.2 Å². The minimum Gasteiger partial charge on any atom is -0.482 e. The second kappa shape index (κ2) is 9.07. The standard InChI is InChI=1S/C17H26N2O3/c1-4-6-10-19(3)17(21)12-22-16-9-8-13(11-14(16)18)15(20)7-5-2/h8-9,11H,4-7,10,12,18H2,1-3H3. The number of carbonyl (C=O) groups excluding carboxylic acids is 2. The molecule has 0 aliphatic heterocycles. The summed E-state index contributed by atoms with van der Waals surface area (Å²) in [7, 11) is 1.76. The molecule has 1 aromatic rings. The molecule has 5 heteroatoms. The predicted molar refractivity (Wildman–Crippen MR) is 88.1 cm³/mol. The van der Waals surface area contributed by atoms with Gasteiger partial charge in [0.05, 0.1) is 5.69 Å². The maximum Gasteiger partial charge on any atom is 0.260 e. The number of hydrogen-bond acceptors (Lipinski definition) is 4. The fourth-order valence-electron chi connectivity index (χ4n) is 1.99. The molecule has 0 heterocycles. The quantitative estimate of drug-likeness (QED) is 0.562. The van der Waals surface area contributed by atoms with Gasteiger partial charge in [-0.15, -0.1) is 0 Å². The number of nitrogen functional groups attached to an aromatic ring is 1. The van der Waals surface area contributed by atoms with Crippen molar-refractivity contribution in [3.63, 3.8) is 0 Å². The third-order valence-electron chi connectivity index (χ3n) is 3.43. The minimum absolute atomic E-state index is 0.0489. The van der Waals surface area contributed by atoms with E-state index in [1.54, 1.807) is 30.1 Å². The number of amides is 1. The highest BCUT2D eigenvalue weighted by Gasteiger charge is 2.12. The van der Waals surface area contributed by atoms with Crippen LogP contribution in [0.25, 0.3) is 0 Å². The number of likely N-dealkylation sites (N-methyl/N-ethyl adjacent to an activating group) is 1.